The highest BCUT2D eigenvalue weighted by Gasteiger charge is 2.25. The van der Waals surface area contributed by atoms with E-state index >= 15 is 0 Å². The number of hydrogen-bond acceptors (Lipinski definition) is 2. The summed E-state index contributed by atoms with van der Waals surface area (Å²) in [7, 11) is 0. The fourth-order valence-corrected chi connectivity index (χ4v) is 1.20. The van der Waals surface area contributed by atoms with Crippen molar-refractivity contribution in [3.05, 3.63) is 0 Å². The van der Waals surface area contributed by atoms with Crippen molar-refractivity contribution in [2.24, 2.45) is 0 Å². The van der Waals surface area contributed by atoms with E-state index in [1.54, 1.807) is 0 Å². The molecule has 0 aliphatic carbocycles. The number of ether oxygens (including phenoxy) is 1. The third-order valence-corrected chi connectivity index (χ3v) is 1.82. The smallest absolute Gasteiger partial charge is 0.407 e. The maximum Gasteiger partial charge on any atom is 0.407 e. The lowest BCUT2D eigenvalue weighted by Gasteiger charge is -2.11. The fourth-order valence-electron chi connectivity index (χ4n) is 1.20. The van der Waals surface area contributed by atoms with Gasteiger partial charge in [0.05, 0.1) is 12.6 Å². The van der Waals surface area contributed by atoms with Gasteiger partial charge in [-0.25, -0.2) is 4.79 Å². The number of rotatable bonds is 2. The van der Waals surface area contributed by atoms with Crippen molar-refractivity contribution in [1.29, 1.82) is 0 Å². The van der Waals surface area contributed by atoms with E-state index in [1.807, 2.05) is 0 Å². The summed E-state index contributed by atoms with van der Waals surface area (Å²) in [5.41, 5.74) is 0. The predicted octanol–water partition coefficient (Wildman–Crippen LogP) is 0.389. The molecule has 1 N–H and O–H groups in total. The molecule has 0 aromatic heterocycles. The first-order chi connectivity index (χ1) is 5.74. The minimum absolute atomic E-state index is 0.0165. The number of amides is 1. The van der Waals surface area contributed by atoms with Crippen LogP contribution >= 0.6 is 0 Å². The van der Waals surface area contributed by atoms with Gasteiger partial charge in [-0.2, -0.15) is 0 Å². The Balaban J connectivity index is 2.27. The molecule has 1 atom stereocenters. The summed E-state index contributed by atoms with van der Waals surface area (Å²) < 4.78 is 5.19. The molecule has 0 spiro atoms. The molecule has 1 unspecified atom stereocenters. The van der Waals surface area contributed by atoms with E-state index in [-0.39, 0.29) is 12.7 Å². The lowest BCUT2D eigenvalue weighted by atomic mass is 10.3. The molecule has 1 aliphatic heterocycles. The molecule has 0 radical (unpaired) electrons. The molecular weight excluding hydrogens is 158 g/mol. The standard InChI is InChI=1S/C8H11NO3/c1-2-5-12-7-3-4-9(6-7)8(10)11/h1,7H,3-6H2,(H,10,11). The molecule has 1 amide bonds. The number of carboxylic acid groups (broad SMARTS) is 1. The first kappa shape index (κ1) is 8.88. The van der Waals surface area contributed by atoms with E-state index < -0.39 is 6.09 Å². The zero-order valence-corrected chi connectivity index (χ0v) is 6.69. The average Bonchev–Trinajstić information content (AvgIpc) is 2.48. The second-order valence-electron chi connectivity index (χ2n) is 2.65. The van der Waals surface area contributed by atoms with E-state index in [2.05, 4.69) is 5.92 Å². The lowest BCUT2D eigenvalue weighted by molar-refractivity contribution is 0.0818. The molecule has 1 aliphatic rings. The van der Waals surface area contributed by atoms with Crippen LogP contribution in [-0.2, 0) is 4.74 Å². The van der Waals surface area contributed by atoms with Crippen molar-refractivity contribution in [2.75, 3.05) is 19.7 Å². The number of hydrogen-bond donors (Lipinski definition) is 1. The van der Waals surface area contributed by atoms with Crippen LogP contribution in [0.5, 0.6) is 0 Å². The normalized spacial score (nSPS) is 22.2. The SMILES string of the molecule is C#CCOC1CCN(C(=O)O)C1. The Bertz CT molecular complexity index is 209. The molecule has 4 heteroatoms. The minimum Gasteiger partial charge on any atom is -0.465 e. The van der Waals surface area contributed by atoms with Crippen LogP contribution in [0.4, 0.5) is 4.79 Å². The summed E-state index contributed by atoms with van der Waals surface area (Å²) in [5.74, 6) is 2.35. The number of nitrogens with zero attached hydrogens (tertiary/aromatic N) is 1. The molecule has 0 bridgehead atoms. The minimum atomic E-state index is -0.887. The van der Waals surface area contributed by atoms with Crippen LogP contribution in [0.25, 0.3) is 0 Å². The molecule has 0 aromatic carbocycles. The van der Waals surface area contributed by atoms with E-state index in [9.17, 15) is 4.79 Å². The molecule has 1 saturated heterocycles. The number of terminal acetylenes is 1. The summed E-state index contributed by atoms with van der Waals surface area (Å²) in [5, 5.41) is 8.59. The maximum absolute atomic E-state index is 10.5. The third-order valence-electron chi connectivity index (χ3n) is 1.82. The largest absolute Gasteiger partial charge is 0.465 e. The van der Waals surface area contributed by atoms with E-state index in [4.69, 9.17) is 16.3 Å². The Labute approximate surface area is 71.1 Å². The summed E-state index contributed by atoms with van der Waals surface area (Å²) in [6.07, 6.45) is 4.84. The molecule has 1 heterocycles. The van der Waals surface area contributed by atoms with Crippen LogP contribution in [0.2, 0.25) is 0 Å². The van der Waals surface area contributed by atoms with E-state index in [0.717, 1.165) is 6.42 Å². The summed E-state index contributed by atoms with van der Waals surface area (Å²) in [4.78, 5) is 11.8. The van der Waals surface area contributed by atoms with Gasteiger partial charge in [0.25, 0.3) is 0 Å². The van der Waals surface area contributed by atoms with Gasteiger partial charge in [-0.15, -0.1) is 6.42 Å². The molecule has 12 heavy (non-hydrogen) atoms. The molecule has 4 nitrogen and oxygen atoms in total. The van der Waals surface area contributed by atoms with Crippen LogP contribution in [-0.4, -0.2) is 41.9 Å². The Morgan fingerprint density at radius 3 is 3.08 bits per heavy atom. The van der Waals surface area contributed by atoms with Crippen molar-refractivity contribution < 1.29 is 14.6 Å². The molecule has 0 aromatic rings. The van der Waals surface area contributed by atoms with Gasteiger partial charge in [0.15, 0.2) is 0 Å². The van der Waals surface area contributed by atoms with Gasteiger partial charge in [0, 0.05) is 6.54 Å². The van der Waals surface area contributed by atoms with Crippen molar-refractivity contribution in [3.63, 3.8) is 0 Å². The Morgan fingerprint density at radius 1 is 1.83 bits per heavy atom. The van der Waals surface area contributed by atoms with Crippen molar-refractivity contribution in [2.45, 2.75) is 12.5 Å². The number of likely N-dealkylation sites (tertiary alicyclic amines) is 1. The quantitative estimate of drug-likeness (QED) is 0.608. The average molecular weight is 169 g/mol. The van der Waals surface area contributed by atoms with Gasteiger partial charge in [0.1, 0.15) is 6.61 Å². The highest BCUT2D eigenvalue weighted by molar-refractivity contribution is 5.65. The van der Waals surface area contributed by atoms with E-state index in [1.165, 1.54) is 4.90 Å². The van der Waals surface area contributed by atoms with E-state index in [0.29, 0.717) is 13.1 Å². The highest BCUT2D eigenvalue weighted by atomic mass is 16.5. The molecule has 1 fully saturated rings. The van der Waals surface area contributed by atoms with Gasteiger partial charge in [-0.1, -0.05) is 5.92 Å². The third kappa shape index (κ3) is 2.14. The zero-order valence-electron chi connectivity index (χ0n) is 6.69. The maximum atomic E-state index is 10.5. The van der Waals surface area contributed by atoms with Gasteiger partial charge in [0.2, 0.25) is 0 Å². The number of carbonyl (C=O) groups is 1. The predicted molar refractivity (Wildman–Crippen MR) is 42.8 cm³/mol. The Kier molecular flexibility index (Phi) is 2.94. The first-order valence-corrected chi connectivity index (χ1v) is 3.77. The second-order valence-corrected chi connectivity index (χ2v) is 2.65. The summed E-state index contributed by atoms with van der Waals surface area (Å²) in [6, 6.07) is 0. The summed E-state index contributed by atoms with van der Waals surface area (Å²) >= 11 is 0. The highest BCUT2D eigenvalue weighted by Crippen LogP contribution is 2.11. The lowest BCUT2D eigenvalue weighted by Crippen LogP contribution is -2.28. The van der Waals surface area contributed by atoms with Crippen LogP contribution < -0.4 is 0 Å². The van der Waals surface area contributed by atoms with Gasteiger partial charge in [-0.3, -0.25) is 0 Å². The van der Waals surface area contributed by atoms with Gasteiger partial charge < -0.3 is 14.7 Å². The van der Waals surface area contributed by atoms with Crippen molar-refractivity contribution in [1.82, 2.24) is 4.90 Å². The van der Waals surface area contributed by atoms with Crippen LogP contribution in [0.3, 0.4) is 0 Å². The zero-order chi connectivity index (χ0) is 8.97. The second kappa shape index (κ2) is 3.98. The fraction of sp³-hybridized carbons (Fsp3) is 0.625. The molecule has 0 saturated carbocycles. The molecule has 66 valence electrons. The van der Waals surface area contributed by atoms with Crippen molar-refractivity contribution in [3.8, 4) is 12.3 Å². The first-order valence-electron chi connectivity index (χ1n) is 3.77. The van der Waals surface area contributed by atoms with Crippen LogP contribution in [0.1, 0.15) is 6.42 Å². The van der Waals surface area contributed by atoms with Crippen LogP contribution in [0.15, 0.2) is 0 Å². The molecule has 1 rings (SSSR count). The van der Waals surface area contributed by atoms with Crippen LogP contribution in [0, 0.1) is 12.3 Å². The van der Waals surface area contributed by atoms with Gasteiger partial charge in [-0.05, 0) is 6.42 Å². The Hall–Kier alpha value is -1.21. The Morgan fingerprint density at radius 2 is 2.58 bits per heavy atom. The molecular formula is C8H11NO3. The summed E-state index contributed by atoms with van der Waals surface area (Å²) in [6.45, 7) is 1.25. The monoisotopic (exact) mass is 169 g/mol. The van der Waals surface area contributed by atoms with Crippen molar-refractivity contribution >= 4 is 6.09 Å². The topological polar surface area (TPSA) is 49.8 Å². The van der Waals surface area contributed by atoms with Gasteiger partial charge >= 0.3 is 6.09 Å².